The number of nitrogens with one attached hydrogen (secondary N) is 1. The molecule has 1 aromatic carbocycles. The molecular formula is C12H14BrFN2O. The van der Waals surface area contributed by atoms with Gasteiger partial charge in [-0.15, -0.1) is 0 Å². The van der Waals surface area contributed by atoms with Crippen LogP contribution in [0.5, 0.6) is 0 Å². The normalized spacial score (nSPS) is 10.0. The first-order valence-electron chi connectivity index (χ1n) is 5.31. The van der Waals surface area contributed by atoms with Gasteiger partial charge in [-0.1, -0.05) is 0 Å². The van der Waals surface area contributed by atoms with Crippen molar-refractivity contribution in [3.05, 3.63) is 28.0 Å². The van der Waals surface area contributed by atoms with E-state index in [9.17, 15) is 4.39 Å². The van der Waals surface area contributed by atoms with Crippen LogP contribution in [0.4, 0.5) is 10.1 Å². The van der Waals surface area contributed by atoms with Gasteiger partial charge in [0.2, 0.25) is 0 Å². The van der Waals surface area contributed by atoms with Gasteiger partial charge in [0.25, 0.3) is 0 Å². The maximum atomic E-state index is 13.7. The minimum absolute atomic E-state index is 0.210. The van der Waals surface area contributed by atoms with E-state index in [1.165, 1.54) is 0 Å². The van der Waals surface area contributed by atoms with Crippen molar-refractivity contribution in [2.45, 2.75) is 12.8 Å². The number of benzene rings is 1. The summed E-state index contributed by atoms with van der Waals surface area (Å²) in [5, 5.41) is 11.7. The molecular weight excluding hydrogens is 287 g/mol. The van der Waals surface area contributed by atoms with Crippen LogP contribution < -0.4 is 5.32 Å². The van der Waals surface area contributed by atoms with Crippen LogP contribution in [0.15, 0.2) is 16.6 Å². The highest BCUT2D eigenvalue weighted by atomic mass is 79.9. The number of ether oxygens (including phenoxy) is 1. The second kappa shape index (κ2) is 7.25. The molecule has 3 nitrogen and oxygen atoms in total. The fraction of sp³-hybridized carbons (Fsp3) is 0.417. The molecule has 1 aromatic rings. The van der Waals surface area contributed by atoms with E-state index in [1.54, 1.807) is 19.2 Å². The third-order valence-electron chi connectivity index (χ3n) is 2.29. The van der Waals surface area contributed by atoms with Crippen LogP contribution in [0.3, 0.4) is 0 Å². The van der Waals surface area contributed by atoms with E-state index in [-0.39, 0.29) is 4.47 Å². The average molecular weight is 301 g/mol. The fourth-order valence-corrected chi connectivity index (χ4v) is 1.80. The summed E-state index contributed by atoms with van der Waals surface area (Å²) in [6.45, 7) is 1.39. The summed E-state index contributed by atoms with van der Waals surface area (Å²) >= 11 is 3.07. The minimum Gasteiger partial charge on any atom is -0.385 e. The lowest BCUT2D eigenvalue weighted by molar-refractivity contribution is 0.194. The van der Waals surface area contributed by atoms with Gasteiger partial charge in [0, 0.05) is 20.3 Å². The van der Waals surface area contributed by atoms with Gasteiger partial charge in [-0.25, -0.2) is 4.39 Å². The van der Waals surface area contributed by atoms with Gasteiger partial charge in [-0.3, -0.25) is 0 Å². The highest BCUT2D eigenvalue weighted by Gasteiger charge is 2.10. The summed E-state index contributed by atoms with van der Waals surface area (Å²) < 4.78 is 18.9. The number of hydrogen-bond donors (Lipinski definition) is 1. The van der Waals surface area contributed by atoms with Crippen molar-refractivity contribution in [1.29, 1.82) is 5.26 Å². The molecule has 0 saturated heterocycles. The molecule has 0 saturated carbocycles. The number of unbranched alkanes of at least 4 members (excludes halogenated alkanes) is 1. The van der Waals surface area contributed by atoms with Gasteiger partial charge in [0.15, 0.2) is 5.82 Å². The average Bonchev–Trinajstić information content (AvgIpc) is 2.34. The number of hydrogen-bond acceptors (Lipinski definition) is 3. The summed E-state index contributed by atoms with van der Waals surface area (Å²) in [6, 6.07) is 5.08. The minimum atomic E-state index is -0.421. The number of nitrogens with zero attached hydrogens (tertiary/aromatic N) is 1. The molecule has 17 heavy (non-hydrogen) atoms. The van der Waals surface area contributed by atoms with Gasteiger partial charge < -0.3 is 10.1 Å². The summed E-state index contributed by atoms with van der Waals surface area (Å²) in [6.07, 6.45) is 1.84. The second-order valence-corrected chi connectivity index (χ2v) is 4.32. The first kappa shape index (κ1) is 13.9. The predicted octanol–water partition coefficient (Wildman–Crippen LogP) is 3.30. The molecule has 0 aliphatic carbocycles. The maximum Gasteiger partial charge on any atom is 0.161 e. The van der Waals surface area contributed by atoms with E-state index in [0.717, 1.165) is 12.8 Å². The maximum absolute atomic E-state index is 13.7. The number of rotatable bonds is 6. The highest BCUT2D eigenvalue weighted by Crippen LogP contribution is 2.26. The zero-order valence-electron chi connectivity index (χ0n) is 9.59. The van der Waals surface area contributed by atoms with Gasteiger partial charge in [-0.05, 0) is 40.9 Å². The molecule has 0 fully saturated rings. The summed E-state index contributed by atoms with van der Waals surface area (Å²) in [5.41, 5.74) is 0.709. The molecule has 0 amide bonds. The molecule has 0 radical (unpaired) electrons. The zero-order valence-corrected chi connectivity index (χ0v) is 11.2. The Kier molecular flexibility index (Phi) is 5.95. The third kappa shape index (κ3) is 3.99. The van der Waals surface area contributed by atoms with Crippen molar-refractivity contribution < 1.29 is 9.13 Å². The van der Waals surface area contributed by atoms with E-state index in [4.69, 9.17) is 10.00 Å². The van der Waals surface area contributed by atoms with E-state index < -0.39 is 5.82 Å². The van der Waals surface area contributed by atoms with Crippen LogP contribution >= 0.6 is 15.9 Å². The molecule has 0 spiro atoms. The van der Waals surface area contributed by atoms with Gasteiger partial charge in [0.1, 0.15) is 6.07 Å². The van der Waals surface area contributed by atoms with Crippen LogP contribution in [0, 0.1) is 17.1 Å². The first-order chi connectivity index (χ1) is 8.20. The molecule has 1 N–H and O–H groups in total. The number of nitriles is 1. The molecule has 92 valence electrons. The predicted molar refractivity (Wildman–Crippen MR) is 68.4 cm³/mol. The number of anilines is 1. The highest BCUT2D eigenvalue weighted by molar-refractivity contribution is 9.10. The topological polar surface area (TPSA) is 45.0 Å². The Bertz CT molecular complexity index is 418. The van der Waals surface area contributed by atoms with Crippen LogP contribution in [0.2, 0.25) is 0 Å². The Balaban J connectivity index is 2.55. The molecule has 0 bridgehead atoms. The van der Waals surface area contributed by atoms with E-state index in [2.05, 4.69) is 21.2 Å². The molecule has 0 atom stereocenters. The van der Waals surface area contributed by atoms with Crippen LogP contribution in [-0.2, 0) is 4.74 Å². The summed E-state index contributed by atoms with van der Waals surface area (Å²) in [5.74, 6) is -0.421. The van der Waals surface area contributed by atoms with Gasteiger partial charge >= 0.3 is 0 Å². The SMILES string of the molecule is COCCCCNc1ccc(C#N)c(Br)c1F. The van der Waals surface area contributed by atoms with Crippen LogP contribution in [-0.4, -0.2) is 20.3 Å². The Labute approximate surface area is 109 Å². The molecule has 1 rings (SSSR count). The molecule has 0 unspecified atom stereocenters. The lowest BCUT2D eigenvalue weighted by Gasteiger charge is -2.09. The van der Waals surface area contributed by atoms with E-state index in [0.29, 0.717) is 24.4 Å². The Morgan fingerprint density at radius 2 is 2.24 bits per heavy atom. The zero-order chi connectivity index (χ0) is 12.7. The van der Waals surface area contributed by atoms with E-state index >= 15 is 0 Å². The first-order valence-corrected chi connectivity index (χ1v) is 6.11. The Hall–Kier alpha value is -1.12. The Morgan fingerprint density at radius 3 is 2.88 bits per heavy atom. The number of methoxy groups -OCH3 is 1. The van der Waals surface area contributed by atoms with Crippen molar-refractivity contribution in [1.82, 2.24) is 0 Å². The second-order valence-electron chi connectivity index (χ2n) is 3.53. The molecule has 5 heteroatoms. The van der Waals surface area contributed by atoms with Crippen molar-refractivity contribution in [2.24, 2.45) is 0 Å². The Morgan fingerprint density at radius 1 is 1.47 bits per heavy atom. The smallest absolute Gasteiger partial charge is 0.161 e. The van der Waals surface area contributed by atoms with E-state index in [1.807, 2.05) is 6.07 Å². The lowest BCUT2D eigenvalue weighted by atomic mass is 10.2. The fourth-order valence-electron chi connectivity index (χ4n) is 1.37. The van der Waals surface area contributed by atoms with Crippen LogP contribution in [0.25, 0.3) is 0 Å². The third-order valence-corrected chi connectivity index (χ3v) is 3.07. The lowest BCUT2D eigenvalue weighted by Crippen LogP contribution is -2.05. The molecule has 0 aliphatic heterocycles. The quantitative estimate of drug-likeness (QED) is 0.820. The van der Waals surface area contributed by atoms with Crippen LogP contribution in [0.1, 0.15) is 18.4 Å². The summed E-state index contributed by atoms with van der Waals surface area (Å²) in [4.78, 5) is 0. The van der Waals surface area contributed by atoms with Crippen molar-refractivity contribution in [3.63, 3.8) is 0 Å². The largest absolute Gasteiger partial charge is 0.385 e. The van der Waals surface area contributed by atoms with Gasteiger partial charge in [-0.2, -0.15) is 5.26 Å². The van der Waals surface area contributed by atoms with Crippen molar-refractivity contribution >= 4 is 21.6 Å². The van der Waals surface area contributed by atoms with Gasteiger partial charge in [0.05, 0.1) is 15.7 Å². The standard InChI is InChI=1S/C12H14BrFN2O/c1-17-7-3-2-6-16-10-5-4-9(8-15)11(13)12(10)14/h4-5,16H,2-3,6-7H2,1H3. The summed E-state index contributed by atoms with van der Waals surface area (Å²) in [7, 11) is 1.66. The molecule has 0 aromatic heterocycles. The number of halogens is 2. The molecule has 0 aliphatic rings. The van der Waals surface area contributed by atoms with Crippen molar-refractivity contribution in [2.75, 3.05) is 25.6 Å². The monoisotopic (exact) mass is 300 g/mol. The van der Waals surface area contributed by atoms with Crippen molar-refractivity contribution in [3.8, 4) is 6.07 Å². The molecule has 0 heterocycles.